The van der Waals surface area contributed by atoms with E-state index in [9.17, 15) is 4.79 Å². The van der Waals surface area contributed by atoms with Crippen molar-refractivity contribution in [2.45, 2.75) is 39.2 Å². The van der Waals surface area contributed by atoms with Crippen molar-refractivity contribution in [1.82, 2.24) is 9.55 Å². The van der Waals surface area contributed by atoms with E-state index in [1.165, 1.54) is 11.1 Å². The molecule has 3 nitrogen and oxygen atoms in total. The van der Waals surface area contributed by atoms with Gasteiger partial charge in [-0.3, -0.25) is 4.79 Å². The first-order chi connectivity index (χ1) is 9.19. The summed E-state index contributed by atoms with van der Waals surface area (Å²) in [6.45, 7) is 4.59. The monoisotopic (exact) mass is 254 g/mol. The molecule has 0 saturated heterocycles. The predicted molar refractivity (Wildman–Crippen MR) is 74.5 cm³/mol. The van der Waals surface area contributed by atoms with Gasteiger partial charge in [0.2, 0.25) is 0 Å². The molecule has 0 fully saturated rings. The average Bonchev–Trinajstić information content (AvgIpc) is 2.79. The fourth-order valence-corrected chi connectivity index (χ4v) is 2.83. The van der Waals surface area contributed by atoms with Gasteiger partial charge in [0.1, 0.15) is 11.5 Å². The summed E-state index contributed by atoms with van der Waals surface area (Å²) in [5, 5.41) is 0. The van der Waals surface area contributed by atoms with Crippen LogP contribution in [0.15, 0.2) is 30.5 Å². The fourth-order valence-electron chi connectivity index (χ4n) is 2.83. The van der Waals surface area contributed by atoms with Gasteiger partial charge in [-0.25, -0.2) is 4.98 Å². The molecule has 19 heavy (non-hydrogen) atoms. The summed E-state index contributed by atoms with van der Waals surface area (Å²) in [6, 6.07) is 8.59. The largest absolute Gasteiger partial charge is 0.334 e. The molecule has 0 spiro atoms. The average molecular weight is 254 g/mol. The maximum atomic E-state index is 11.4. The van der Waals surface area contributed by atoms with Crippen molar-refractivity contribution in [3.8, 4) is 0 Å². The van der Waals surface area contributed by atoms with Gasteiger partial charge in [0.15, 0.2) is 5.78 Å². The van der Waals surface area contributed by atoms with Crippen LogP contribution in [-0.4, -0.2) is 15.3 Å². The van der Waals surface area contributed by atoms with Gasteiger partial charge in [0.25, 0.3) is 0 Å². The number of carbonyl (C=O) groups is 1. The van der Waals surface area contributed by atoms with Crippen molar-refractivity contribution in [2.24, 2.45) is 0 Å². The van der Waals surface area contributed by atoms with E-state index < -0.39 is 0 Å². The molecule has 2 aromatic rings. The Balaban J connectivity index is 1.83. The molecule has 1 aromatic carbocycles. The highest BCUT2D eigenvalue weighted by Crippen LogP contribution is 2.36. The molecule has 1 atom stereocenters. The second-order valence-electron chi connectivity index (χ2n) is 5.20. The number of nitrogens with zero attached hydrogens (tertiary/aromatic N) is 2. The maximum Gasteiger partial charge on any atom is 0.179 e. The Morgan fingerprint density at radius 2 is 2.21 bits per heavy atom. The Kier molecular flexibility index (Phi) is 2.97. The first-order valence-electron chi connectivity index (χ1n) is 6.83. The molecule has 98 valence electrons. The molecule has 0 amide bonds. The molecule has 1 aromatic heterocycles. The summed E-state index contributed by atoms with van der Waals surface area (Å²) in [7, 11) is 0. The van der Waals surface area contributed by atoms with Crippen LogP contribution in [0.25, 0.3) is 0 Å². The zero-order valence-electron chi connectivity index (χ0n) is 11.4. The molecule has 0 aliphatic heterocycles. The zero-order chi connectivity index (χ0) is 13.4. The van der Waals surface area contributed by atoms with Crippen molar-refractivity contribution in [2.75, 3.05) is 0 Å². The molecule has 0 saturated carbocycles. The topological polar surface area (TPSA) is 34.9 Å². The van der Waals surface area contributed by atoms with Gasteiger partial charge in [-0.2, -0.15) is 0 Å². The summed E-state index contributed by atoms with van der Waals surface area (Å²) >= 11 is 0. The highest BCUT2D eigenvalue weighted by atomic mass is 16.1. The molecular weight excluding hydrogens is 236 g/mol. The number of carbonyl (C=O) groups excluding carboxylic acids is 1. The third-order valence-electron chi connectivity index (χ3n) is 3.91. The van der Waals surface area contributed by atoms with Gasteiger partial charge in [-0.15, -0.1) is 0 Å². The lowest BCUT2D eigenvalue weighted by Crippen LogP contribution is -2.22. The lowest BCUT2D eigenvalue weighted by Gasteiger charge is -2.30. The number of benzene rings is 1. The van der Waals surface area contributed by atoms with Crippen LogP contribution < -0.4 is 0 Å². The summed E-state index contributed by atoms with van der Waals surface area (Å²) in [5.41, 5.74) is 3.49. The Morgan fingerprint density at radius 1 is 1.42 bits per heavy atom. The second kappa shape index (κ2) is 4.65. The van der Waals surface area contributed by atoms with Crippen molar-refractivity contribution in [3.05, 3.63) is 53.1 Å². The quantitative estimate of drug-likeness (QED) is 0.786. The van der Waals surface area contributed by atoms with E-state index in [-0.39, 0.29) is 5.78 Å². The van der Waals surface area contributed by atoms with Gasteiger partial charge in [0.05, 0.1) is 0 Å². The van der Waals surface area contributed by atoms with Gasteiger partial charge < -0.3 is 4.57 Å². The molecule has 3 heteroatoms. The van der Waals surface area contributed by atoms with E-state index in [1.807, 2.05) is 6.20 Å². The van der Waals surface area contributed by atoms with Crippen LogP contribution in [0.5, 0.6) is 0 Å². The molecule has 1 unspecified atom stereocenters. The van der Waals surface area contributed by atoms with Crippen LogP contribution in [0.2, 0.25) is 0 Å². The summed E-state index contributed by atoms with van der Waals surface area (Å²) in [5.74, 6) is 1.62. The summed E-state index contributed by atoms with van der Waals surface area (Å²) in [6.07, 6.45) is 3.90. The number of rotatable bonds is 4. The molecule has 1 aliphatic rings. The minimum atomic E-state index is 0.0439. The van der Waals surface area contributed by atoms with E-state index in [0.29, 0.717) is 11.6 Å². The van der Waals surface area contributed by atoms with E-state index >= 15 is 0 Å². The number of Topliss-reactive ketones (excluding diaryl/α,β-unsaturated/α-hetero) is 1. The third kappa shape index (κ3) is 2.09. The maximum absolute atomic E-state index is 11.4. The molecule has 0 bridgehead atoms. The molecule has 0 N–H and O–H groups in total. The van der Waals surface area contributed by atoms with Crippen molar-refractivity contribution in [3.63, 3.8) is 0 Å². The minimum absolute atomic E-state index is 0.0439. The number of hydrogen-bond donors (Lipinski definition) is 0. The smallest absolute Gasteiger partial charge is 0.179 e. The van der Waals surface area contributed by atoms with Crippen molar-refractivity contribution < 1.29 is 4.79 Å². The summed E-state index contributed by atoms with van der Waals surface area (Å²) < 4.78 is 2.15. The van der Waals surface area contributed by atoms with Crippen LogP contribution in [0.3, 0.4) is 0 Å². The van der Waals surface area contributed by atoms with Crippen LogP contribution >= 0.6 is 0 Å². The molecule has 1 aliphatic carbocycles. The van der Waals surface area contributed by atoms with Crippen LogP contribution in [0.1, 0.15) is 47.2 Å². The van der Waals surface area contributed by atoms with Gasteiger partial charge in [-0.1, -0.05) is 31.2 Å². The standard InChI is InChI=1S/C16H18N2O/c1-3-16-17-15(11(2)19)10-18(16)9-13-8-12-6-4-5-7-14(12)13/h4-7,10,13H,3,8-9H2,1-2H3. The van der Waals surface area contributed by atoms with Crippen molar-refractivity contribution in [1.29, 1.82) is 0 Å². The van der Waals surface area contributed by atoms with Gasteiger partial charge in [0, 0.05) is 32.0 Å². The Hall–Kier alpha value is -1.90. The molecular formula is C16H18N2O. The highest BCUT2D eigenvalue weighted by molar-refractivity contribution is 5.91. The van der Waals surface area contributed by atoms with Gasteiger partial charge in [-0.05, 0) is 17.5 Å². The number of hydrogen-bond acceptors (Lipinski definition) is 2. The SMILES string of the molecule is CCc1nc(C(C)=O)cn1CC1Cc2ccccc21. The Bertz CT molecular complexity index is 627. The van der Waals surface area contributed by atoms with E-state index in [1.54, 1.807) is 6.92 Å². The first kappa shape index (κ1) is 12.2. The number of aryl methyl sites for hydroxylation is 1. The highest BCUT2D eigenvalue weighted by Gasteiger charge is 2.26. The Morgan fingerprint density at radius 3 is 2.89 bits per heavy atom. The van der Waals surface area contributed by atoms with Crippen LogP contribution in [-0.2, 0) is 19.4 Å². The predicted octanol–water partition coefficient (Wildman–Crippen LogP) is 2.99. The van der Waals surface area contributed by atoms with Crippen LogP contribution in [0, 0.1) is 0 Å². The van der Waals surface area contributed by atoms with E-state index in [2.05, 4.69) is 40.7 Å². The molecule has 0 radical (unpaired) electrons. The van der Waals surface area contributed by atoms with Gasteiger partial charge >= 0.3 is 0 Å². The lowest BCUT2D eigenvalue weighted by atomic mass is 9.77. The molecule has 1 heterocycles. The van der Waals surface area contributed by atoms with Crippen LogP contribution in [0.4, 0.5) is 0 Å². The normalized spacial score (nSPS) is 16.8. The number of fused-ring (bicyclic) bond motifs is 1. The minimum Gasteiger partial charge on any atom is -0.334 e. The Labute approximate surface area is 113 Å². The van der Waals surface area contributed by atoms with Crippen molar-refractivity contribution >= 4 is 5.78 Å². The fraction of sp³-hybridized carbons (Fsp3) is 0.375. The number of aromatic nitrogens is 2. The number of ketones is 1. The zero-order valence-corrected chi connectivity index (χ0v) is 11.4. The third-order valence-corrected chi connectivity index (χ3v) is 3.91. The van der Waals surface area contributed by atoms with E-state index in [4.69, 9.17) is 0 Å². The first-order valence-corrected chi connectivity index (χ1v) is 6.83. The van der Waals surface area contributed by atoms with E-state index in [0.717, 1.165) is 25.2 Å². The second-order valence-corrected chi connectivity index (χ2v) is 5.20. The lowest BCUT2D eigenvalue weighted by molar-refractivity contribution is 0.101. The molecule has 3 rings (SSSR count). The summed E-state index contributed by atoms with van der Waals surface area (Å²) in [4.78, 5) is 15.8. The number of imidazole rings is 1.